The molecule has 0 atom stereocenters. The summed E-state index contributed by atoms with van der Waals surface area (Å²) in [4.78, 5) is 0. The molecule has 0 aliphatic rings. The van der Waals surface area contributed by atoms with E-state index in [0.717, 1.165) is 0 Å². The molecule has 0 aromatic heterocycles. The monoisotopic (exact) mass is 136 g/mol. The van der Waals surface area contributed by atoms with Crippen molar-refractivity contribution in [1.82, 2.24) is 0 Å². The molecule has 0 aliphatic heterocycles. The molecule has 33 valence electrons. The van der Waals surface area contributed by atoms with E-state index in [1.165, 1.54) is 0 Å². The average molecular weight is 136 g/mol. The Bertz CT molecular complexity index is 94.0. The molecule has 4 nitrogen and oxygen atoms in total. The zero-order valence-electron chi connectivity index (χ0n) is 3.25. The van der Waals surface area contributed by atoms with Crippen LogP contribution in [0.2, 0.25) is 0 Å². The van der Waals surface area contributed by atoms with Crippen LogP contribution < -0.4 is 5.14 Å². The van der Waals surface area contributed by atoms with Gasteiger partial charge in [0.25, 0.3) is 0 Å². The van der Waals surface area contributed by atoms with Crippen LogP contribution in [-0.4, -0.2) is 64.4 Å². The Hall–Kier alpha value is 1.51. The molecule has 0 rings (SSSR count). The maximum atomic E-state index is 8.97. The maximum Gasteiger partial charge on any atom is 0.330 e. The Labute approximate surface area is 78.4 Å². The third kappa shape index (κ3) is 49.3. The van der Waals surface area contributed by atoms with Crippen molar-refractivity contribution in [3.05, 3.63) is 0 Å². The molecule has 6 heavy (non-hydrogen) atoms. The number of nitrogens with two attached hydrogens (primary N) is 1. The summed E-state index contributed by atoms with van der Waals surface area (Å²) in [6, 6.07) is 0. The second-order valence-electron chi connectivity index (χ2n) is 0.515. The van der Waals surface area contributed by atoms with Crippen molar-refractivity contribution in [2.45, 2.75) is 0 Å². The zero-order valence-corrected chi connectivity index (χ0v) is 7.19. The summed E-state index contributed by atoms with van der Waals surface area (Å²) in [6.45, 7) is 0. The van der Waals surface area contributed by atoms with Crippen molar-refractivity contribution in [2.24, 2.45) is 5.14 Å². The summed E-state index contributed by atoms with van der Waals surface area (Å²) in [5, 5.41) is 3.88. The first-order chi connectivity index (χ1) is 2.00. The van der Waals surface area contributed by atoms with E-state index in [-0.39, 0.29) is 51.4 Å². The summed E-state index contributed by atoms with van der Waals surface area (Å²) in [6.07, 6.45) is 0. The molecule has 0 saturated heterocycles. The molecule has 0 aromatic carbocycles. The Morgan fingerprint density at radius 3 is 1.50 bits per heavy atom. The van der Waals surface area contributed by atoms with Gasteiger partial charge in [-0.05, 0) is 0 Å². The van der Waals surface area contributed by atoms with Gasteiger partial charge < -0.3 is 0 Å². The van der Waals surface area contributed by atoms with E-state index in [0.29, 0.717) is 0 Å². The topological polar surface area (TPSA) is 80.4 Å². The molecule has 0 unspecified atom stereocenters. The molecule has 0 fully saturated rings. The number of rotatable bonds is 0. The zero-order chi connectivity index (χ0) is 4.50. The molecule has 3 N–H and O–H groups in total. The molecule has 0 aliphatic carbocycles. The fourth-order valence-corrected chi connectivity index (χ4v) is 0. The van der Waals surface area contributed by atoms with Crippen molar-refractivity contribution >= 4 is 61.7 Å². The van der Waals surface area contributed by atoms with Gasteiger partial charge in [-0.15, -0.1) is 0 Å². The Kier molecular flexibility index (Phi) is 6.12. The molecular formula is H3KNO3S. The van der Waals surface area contributed by atoms with Gasteiger partial charge in [0.15, 0.2) is 0 Å². The summed E-state index contributed by atoms with van der Waals surface area (Å²) in [5.41, 5.74) is 0. The Morgan fingerprint density at radius 1 is 1.50 bits per heavy atom. The molecular weight excluding hydrogens is 133 g/mol. The van der Waals surface area contributed by atoms with E-state index in [1.807, 2.05) is 0 Å². The van der Waals surface area contributed by atoms with Crippen molar-refractivity contribution in [1.29, 1.82) is 0 Å². The van der Waals surface area contributed by atoms with E-state index in [1.54, 1.807) is 0 Å². The van der Waals surface area contributed by atoms with Gasteiger partial charge in [-0.25, -0.2) is 5.14 Å². The van der Waals surface area contributed by atoms with E-state index >= 15 is 0 Å². The van der Waals surface area contributed by atoms with Gasteiger partial charge in [0, 0.05) is 51.4 Å². The van der Waals surface area contributed by atoms with E-state index in [4.69, 9.17) is 13.0 Å². The minimum absolute atomic E-state index is 0. The van der Waals surface area contributed by atoms with Gasteiger partial charge in [0.2, 0.25) is 0 Å². The van der Waals surface area contributed by atoms with Crippen molar-refractivity contribution in [3.63, 3.8) is 0 Å². The smallest absolute Gasteiger partial charge is 0.274 e. The van der Waals surface area contributed by atoms with Gasteiger partial charge in [0.1, 0.15) is 0 Å². The third-order valence-corrected chi connectivity index (χ3v) is 0. The normalized spacial score (nSPS) is 9.67. The number of hydrogen-bond donors (Lipinski definition) is 2. The van der Waals surface area contributed by atoms with E-state index < -0.39 is 10.3 Å². The van der Waals surface area contributed by atoms with Gasteiger partial charge >= 0.3 is 10.3 Å². The van der Waals surface area contributed by atoms with Crippen molar-refractivity contribution in [3.8, 4) is 0 Å². The van der Waals surface area contributed by atoms with E-state index in [2.05, 4.69) is 5.14 Å². The predicted molar refractivity (Wildman–Crippen MR) is 21.5 cm³/mol. The van der Waals surface area contributed by atoms with Gasteiger partial charge in [0.05, 0.1) is 0 Å². The molecule has 6 heteroatoms. The second kappa shape index (κ2) is 3.50. The molecule has 0 bridgehead atoms. The van der Waals surface area contributed by atoms with Crippen LogP contribution in [0.4, 0.5) is 0 Å². The maximum absolute atomic E-state index is 8.97. The van der Waals surface area contributed by atoms with Crippen LogP contribution >= 0.6 is 0 Å². The fraction of sp³-hybridized carbons (Fsp3) is 0. The first kappa shape index (κ1) is 10.5. The molecule has 0 amide bonds. The van der Waals surface area contributed by atoms with Crippen LogP contribution in [0.15, 0.2) is 0 Å². The molecule has 0 spiro atoms. The standard InChI is InChI=1S/K.H3NO3S/c;1-5(2,3)4/h;(H3,1,2,3,4). The van der Waals surface area contributed by atoms with Crippen LogP contribution in [0.25, 0.3) is 0 Å². The first-order valence-corrected chi connectivity index (χ1v) is 2.25. The summed E-state index contributed by atoms with van der Waals surface area (Å²) in [5.74, 6) is 0. The minimum Gasteiger partial charge on any atom is -0.274 e. The molecule has 0 aromatic rings. The van der Waals surface area contributed by atoms with Gasteiger partial charge in [-0.2, -0.15) is 8.42 Å². The Morgan fingerprint density at radius 2 is 1.50 bits per heavy atom. The SMILES string of the molecule is NS(=O)(=O)O.[K]. The predicted octanol–water partition coefficient (Wildman–Crippen LogP) is -1.63. The molecule has 0 heterocycles. The van der Waals surface area contributed by atoms with Crippen molar-refractivity contribution < 1.29 is 13.0 Å². The molecule has 0 saturated carbocycles. The summed E-state index contributed by atoms with van der Waals surface area (Å²) in [7, 11) is -4.17. The van der Waals surface area contributed by atoms with Crippen LogP contribution in [-0.2, 0) is 10.3 Å². The Balaban J connectivity index is 0. The molecule has 1 radical (unpaired) electrons. The minimum atomic E-state index is -4.17. The van der Waals surface area contributed by atoms with Crippen LogP contribution in [0.1, 0.15) is 0 Å². The second-order valence-corrected chi connectivity index (χ2v) is 1.54. The van der Waals surface area contributed by atoms with Crippen molar-refractivity contribution in [2.75, 3.05) is 0 Å². The number of hydrogen-bond acceptors (Lipinski definition) is 2. The van der Waals surface area contributed by atoms with Crippen LogP contribution in [0.3, 0.4) is 0 Å². The first-order valence-electron chi connectivity index (χ1n) is 0.752. The van der Waals surface area contributed by atoms with Crippen LogP contribution in [0, 0.1) is 0 Å². The third-order valence-electron chi connectivity index (χ3n) is 0. The average Bonchev–Trinajstić information content (AvgIpc) is 0.722. The fourth-order valence-electron chi connectivity index (χ4n) is 0. The largest absolute Gasteiger partial charge is 0.330 e. The van der Waals surface area contributed by atoms with E-state index in [9.17, 15) is 0 Å². The van der Waals surface area contributed by atoms with Gasteiger partial charge in [-0.1, -0.05) is 0 Å². The van der Waals surface area contributed by atoms with Gasteiger partial charge in [-0.3, -0.25) is 4.55 Å². The van der Waals surface area contributed by atoms with Crippen LogP contribution in [0.5, 0.6) is 0 Å². The quantitative estimate of drug-likeness (QED) is 0.310. The summed E-state index contributed by atoms with van der Waals surface area (Å²) < 4.78 is 25.2. The summed E-state index contributed by atoms with van der Waals surface area (Å²) >= 11 is 0.